The van der Waals surface area contributed by atoms with Gasteiger partial charge in [0.2, 0.25) is 0 Å². The van der Waals surface area contributed by atoms with E-state index in [9.17, 15) is 0 Å². The van der Waals surface area contributed by atoms with Gasteiger partial charge in [0.1, 0.15) is 0 Å². The Morgan fingerprint density at radius 1 is 1.20 bits per heavy atom. The quantitative estimate of drug-likeness (QED) is 0.507. The second kappa shape index (κ2) is 2.52. The molecule has 0 saturated heterocycles. The van der Waals surface area contributed by atoms with Gasteiger partial charge in [-0.3, -0.25) is 0 Å². The Hall–Kier alpha value is -0.260. The Morgan fingerprint density at radius 3 is 2.67 bits per heavy atom. The minimum absolute atomic E-state index is 0.600. The van der Waals surface area contributed by atoms with Crippen LogP contribution in [0, 0.1) is 22.2 Å². The van der Waals surface area contributed by atoms with E-state index in [2.05, 4.69) is 33.8 Å². The first-order chi connectivity index (χ1) is 6.93. The van der Waals surface area contributed by atoms with Crippen molar-refractivity contribution in [2.24, 2.45) is 22.2 Å². The molecule has 4 atom stereocenters. The average molecular weight is 204 g/mol. The molecule has 3 aliphatic rings. The fourth-order valence-electron chi connectivity index (χ4n) is 5.32. The number of allylic oxidation sites excluding steroid dienone is 2. The standard InChI is InChI=1S/C15H24/c1-11-6-9-13(2)10-12(11)14(3)7-5-8-15(13,14)4/h6,12H,5,7-10H2,1-4H3/t12-,13-,14+,15-/m1/s1. The van der Waals surface area contributed by atoms with Crippen molar-refractivity contribution in [2.75, 3.05) is 0 Å². The van der Waals surface area contributed by atoms with Gasteiger partial charge in [0, 0.05) is 0 Å². The maximum absolute atomic E-state index is 2.59. The average Bonchev–Trinajstić information content (AvgIpc) is 2.55. The summed E-state index contributed by atoms with van der Waals surface area (Å²) in [6.07, 6.45) is 9.74. The Kier molecular flexibility index (Phi) is 1.67. The van der Waals surface area contributed by atoms with E-state index in [0.29, 0.717) is 16.2 Å². The topological polar surface area (TPSA) is 0 Å². The van der Waals surface area contributed by atoms with Crippen LogP contribution in [0.2, 0.25) is 0 Å². The molecule has 0 heteroatoms. The van der Waals surface area contributed by atoms with E-state index in [1.165, 1.54) is 32.1 Å². The van der Waals surface area contributed by atoms with Crippen molar-refractivity contribution < 1.29 is 0 Å². The third-order valence-electron chi connectivity index (χ3n) is 6.81. The summed E-state index contributed by atoms with van der Waals surface area (Å²) in [5.74, 6) is 0.892. The second-order valence-corrected chi connectivity index (χ2v) is 7.07. The summed E-state index contributed by atoms with van der Waals surface area (Å²) < 4.78 is 0. The summed E-state index contributed by atoms with van der Waals surface area (Å²) in [6.45, 7) is 10.1. The van der Waals surface area contributed by atoms with Crippen molar-refractivity contribution in [3.63, 3.8) is 0 Å². The lowest BCUT2D eigenvalue weighted by atomic mass is 9.59. The number of rotatable bonds is 0. The summed E-state index contributed by atoms with van der Waals surface area (Å²) in [5, 5.41) is 0. The third kappa shape index (κ3) is 0.867. The van der Waals surface area contributed by atoms with Crippen LogP contribution in [-0.2, 0) is 0 Å². The van der Waals surface area contributed by atoms with Crippen LogP contribution in [0.25, 0.3) is 0 Å². The highest BCUT2D eigenvalue weighted by molar-refractivity contribution is 5.28. The van der Waals surface area contributed by atoms with E-state index in [4.69, 9.17) is 0 Å². The maximum atomic E-state index is 2.59. The molecule has 0 spiro atoms. The second-order valence-electron chi connectivity index (χ2n) is 7.07. The van der Waals surface area contributed by atoms with Crippen LogP contribution in [0.15, 0.2) is 11.6 Å². The van der Waals surface area contributed by atoms with Crippen LogP contribution < -0.4 is 0 Å². The molecule has 0 nitrogen and oxygen atoms in total. The van der Waals surface area contributed by atoms with Crippen molar-refractivity contribution >= 4 is 0 Å². The number of hydrogen-bond acceptors (Lipinski definition) is 0. The molecule has 2 fully saturated rings. The molecule has 0 aromatic heterocycles. The van der Waals surface area contributed by atoms with E-state index in [0.717, 1.165) is 5.92 Å². The van der Waals surface area contributed by atoms with Crippen molar-refractivity contribution in [1.29, 1.82) is 0 Å². The molecule has 2 bridgehead atoms. The smallest absolute Gasteiger partial charge is 0.0141 e. The van der Waals surface area contributed by atoms with Gasteiger partial charge in [-0.05, 0) is 54.8 Å². The van der Waals surface area contributed by atoms with Gasteiger partial charge in [0.05, 0.1) is 0 Å². The first-order valence-electron chi connectivity index (χ1n) is 6.60. The van der Waals surface area contributed by atoms with E-state index >= 15 is 0 Å². The Morgan fingerprint density at radius 2 is 1.93 bits per heavy atom. The zero-order valence-electron chi connectivity index (χ0n) is 10.7. The third-order valence-corrected chi connectivity index (χ3v) is 6.81. The summed E-state index contributed by atoms with van der Waals surface area (Å²) >= 11 is 0. The van der Waals surface area contributed by atoms with E-state index in [1.807, 2.05) is 0 Å². The highest BCUT2D eigenvalue weighted by atomic mass is 14.7. The lowest BCUT2D eigenvalue weighted by Crippen LogP contribution is -2.38. The van der Waals surface area contributed by atoms with Crippen LogP contribution in [0.5, 0.6) is 0 Å². The molecule has 84 valence electrons. The molecular formula is C15H24. The molecule has 0 aromatic rings. The van der Waals surface area contributed by atoms with Gasteiger partial charge < -0.3 is 0 Å². The molecule has 0 aromatic carbocycles. The van der Waals surface area contributed by atoms with Crippen molar-refractivity contribution in [3.8, 4) is 0 Å². The normalized spacial score (nSPS) is 57.9. The molecule has 0 amide bonds. The summed E-state index contributed by atoms with van der Waals surface area (Å²) in [7, 11) is 0. The molecule has 0 radical (unpaired) electrons. The minimum Gasteiger partial charge on any atom is -0.0847 e. The highest BCUT2D eigenvalue weighted by Crippen LogP contribution is 2.75. The fourth-order valence-corrected chi connectivity index (χ4v) is 5.32. The van der Waals surface area contributed by atoms with Crippen LogP contribution in [0.4, 0.5) is 0 Å². The zero-order valence-corrected chi connectivity index (χ0v) is 10.7. The molecule has 3 aliphatic carbocycles. The predicted molar refractivity (Wildman–Crippen MR) is 64.7 cm³/mol. The molecular weight excluding hydrogens is 180 g/mol. The van der Waals surface area contributed by atoms with E-state index in [-0.39, 0.29) is 0 Å². The van der Waals surface area contributed by atoms with Gasteiger partial charge in [-0.15, -0.1) is 0 Å². The molecule has 0 aliphatic heterocycles. The fraction of sp³-hybridized carbons (Fsp3) is 0.867. The SMILES string of the molecule is CC1=CC[C@]2(C)C[C@H]1[C@]1(C)CCC[C@]21C. The lowest BCUT2D eigenvalue weighted by Gasteiger charge is -2.45. The summed E-state index contributed by atoms with van der Waals surface area (Å²) in [4.78, 5) is 0. The van der Waals surface area contributed by atoms with Crippen LogP contribution in [0.1, 0.15) is 59.8 Å². The molecule has 0 heterocycles. The Balaban J connectivity index is 2.18. The summed E-state index contributed by atoms with van der Waals surface area (Å²) in [6, 6.07) is 0. The van der Waals surface area contributed by atoms with Crippen molar-refractivity contribution in [3.05, 3.63) is 11.6 Å². The highest BCUT2D eigenvalue weighted by Gasteiger charge is 2.67. The van der Waals surface area contributed by atoms with Crippen LogP contribution in [-0.4, -0.2) is 0 Å². The molecule has 0 unspecified atom stereocenters. The monoisotopic (exact) mass is 204 g/mol. The van der Waals surface area contributed by atoms with Gasteiger partial charge in [-0.1, -0.05) is 38.8 Å². The number of fused-ring (bicyclic) bond motifs is 5. The van der Waals surface area contributed by atoms with Gasteiger partial charge >= 0.3 is 0 Å². The van der Waals surface area contributed by atoms with E-state index in [1.54, 1.807) is 5.57 Å². The van der Waals surface area contributed by atoms with E-state index < -0.39 is 0 Å². The zero-order chi connectivity index (χ0) is 10.9. The Bertz CT molecular complexity index is 340. The molecule has 0 N–H and O–H groups in total. The first kappa shape index (κ1) is 9.93. The van der Waals surface area contributed by atoms with Gasteiger partial charge in [0.15, 0.2) is 0 Å². The number of hydrogen-bond donors (Lipinski definition) is 0. The first-order valence-corrected chi connectivity index (χ1v) is 6.60. The molecule has 2 saturated carbocycles. The largest absolute Gasteiger partial charge is 0.0847 e. The minimum atomic E-state index is 0.600. The van der Waals surface area contributed by atoms with Gasteiger partial charge in [-0.2, -0.15) is 0 Å². The molecule has 3 rings (SSSR count). The van der Waals surface area contributed by atoms with Crippen molar-refractivity contribution in [1.82, 2.24) is 0 Å². The van der Waals surface area contributed by atoms with Crippen LogP contribution in [0.3, 0.4) is 0 Å². The molecule has 15 heavy (non-hydrogen) atoms. The van der Waals surface area contributed by atoms with Gasteiger partial charge in [-0.25, -0.2) is 0 Å². The lowest BCUT2D eigenvalue weighted by molar-refractivity contribution is 0.0355. The van der Waals surface area contributed by atoms with Crippen molar-refractivity contribution in [2.45, 2.75) is 59.8 Å². The van der Waals surface area contributed by atoms with Gasteiger partial charge in [0.25, 0.3) is 0 Å². The predicted octanol–water partition coefficient (Wildman–Crippen LogP) is 4.56. The maximum Gasteiger partial charge on any atom is -0.0141 e. The Labute approximate surface area is 94.1 Å². The van der Waals surface area contributed by atoms with Crippen LogP contribution >= 0.6 is 0 Å². The summed E-state index contributed by atoms with van der Waals surface area (Å²) in [5.41, 5.74) is 3.51.